The van der Waals surface area contributed by atoms with Crippen molar-refractivity contribution < 1.29 is 0 Å². The Kier molecular flexibility index (Phi) is 4.19. The minimum Gasteiger partial charge on any atom is -0.314 e. The van der Waals surface area contributed by atoms with Crippen LogP contribution in [-0.2, 0) is 6.42 Å². The summed E-state index contributed by atoms with van der Waals surface area (Å²) in [6.07, 6.45) is 6.61. The summed E-state index contributed by atoms with van der Waals surface area (Å²) in [5, 5.41) is 3.64. The van der Waals surface area contributed by atoms with Crippen LogP contribution in [-0.4, -0.2) is 37.6 Å². The van der Waals surface area contributed by atoms with Crippen LogP contribution in [0.15, 0.2) is 24.3 Å². The maximum Gasteiger partial charge on any atom is 0.0107 e. The highest BCUT2D eigenvalue weighted by atomic mass is 15.1. The molecule has 19 heavy (non-hydrogen) atoms. The van der Waals surface area contributed by atoms with Crippen molar-refractivity contribution in [2.24, 2.45) is 0 Å². The summed E-state index contributed by atoms with van der Waals surface area (Å²) in [6, 6.07) is 10.1. The summed E-state index contributed by atoms with van der Waals surface area (Å²) in [5.41, 5.74) is 3.03. The highest BCUT2D eigenvalue weighted by molar-refractivity contribution is 5.27. The fraction of sp³-hybridized carbons (Fsp3) is 0.647. The summed E-state index contributed by atoms with van der Waals surface area (Å²) < 4.78 is 0. The standard InChI is InChI=1S/C17H26N2/c1-19-11-9-16(13-19)15-7-5-14(6-8-15)12-17-4-2-3-10-18-17/h5-8,16-18H,2-4,9-13H2,1H3. The number of likely N-dealkylation sites (tertiary alicyclic amines) is 1. The zero-order chi connectivity index (χ0) is 13.1. The van der Waals surface area contributed by atoms with Crippen LogP contribution in [0, 0.1) is 0 Å². The number of benzene rings is 1. The Morgan fingerprint density at radius 1 is 1.16 bits per heavy atom. The molecule has 0 saturated carbocycles. The first-order chi connectivity index (χ1) is 9.31. The summed E-state index contributed by atoms with van der Waals surface area (Å²) in [5.74, 6) is 0.756. The van der Waals surface area contributed by atoms with Crippen LogP contribution in [0.5, 0.6) is 0 Å². The third-order valence-corrected chi connectivity index (χ3v) is 4.74. The van der Waals surface area contributed by atoms with E-state index in [0.717, 1.165) is 5.92 Å². The molecule has 1 N–H and O–H groups in total. The molecule has 1 aromatic carbocycles. The number of nitrogens with one attached hydrogen (secondary N) is 1. The van der Waals surface area contributed by atoms with Gasteiger partial charge in [0.05, 0.1) is 0 Å². The van der Waals surface area contributed by atoms with E-state index in [1.54, 1.807) is 0 Å². The third-order valence-electron chi connectivity index (χ3n) is 4.74. The molecule has 2 heteroatoms. The van der Waals surface area contributed by atoms with Crippen LogP contribution in [0.4, 0.5) is 0 Å². The molecule has 2 fully saturated rings. The minimum absolute atomic E-state index is 0.706. The third kappa shape index (κ3) is 3.37. The van der Waals surface area contributed by atoms with Crippen LogP contribution in [0.25, 0.3) is 0 Å². The van der Waals surface area contributed by atoms with Crippen molar-refractivity contribution in [2.75, 3.05) is 26.7 Å². The monoisotopic (exact) mass is 258 g/mol. The second kappa shape index (κ2) is 6.06. The van der Waals surface area contributed by atoms with Crippen LogP contribution in [0.3, 0.4) is 0 Å². The van der Waals surface area contributed by atoms with Gasteiger partial charge in [0.15, 0.2) is 0 Å². The van der Waals surface area contributed by atoms with Gasteiger partial charge in [0.1, 0.15) is 0 Å². The van der Waals surface area contributed by atoms with Gasteiger partial charge in [-0.3, -0.25) is 0 Å². The average molecular weight is 258 g/mol. The van der Waals surface area contributed by atoms with Gasteiger partial charge in [-0.1, -0.05) is 30.7 Å². The second-order valence-electron chi connectivity index (χ2n) is 6.34. The van der Waals surface area contributed by atoms with Gasteiger partial charge < -0.3 is 10.2 Å². The van der Waals surface area contributed by atoms with E-state index in [4.69, 9.17) is 0 Å². The Balaban J connectivity index is 1.59. The quantitative estimate of drug-likeness (QED) is 0.897. The molecule has 0 bridgehead atoms. The van der Waals surface area contributed by atoms with E-state index >= 15 is 0 Å². The minimum atomic E-state index is 0.706. The van der Waals surface area contributed by atoms with E-state index in [9.17, 15) is 0 Å². The maximum absolute atomic E-state index is 3.64. The number of hydrogen-bond donors (Lipinski definition) is 1. The summed E-state index contributed by atoms with van der Waals surface area (Å²) in [4.78, 5) is 2.44. The van der Waals surface area contributed by atoms with Gasteiger partial charge in [-0.15, -0.1) is 0 Å². The summed E-state index contributed by atoms with van der Waals surface area (Å²) in [6.45, 7) is 3.68. The predicted octanol–water partition coefficient (Wildman–Crippen LogP) is 2.79. The number of likely N-dealkylation sites (N-methyl/N-ethyl adjacent to an activating group) is 1. The normalized spacial score (nSPS) is 28.7. The van der Waals surface area contributed by atoms with Gasteiger partial charge in [-0.05, 0) is 62.9 Å². The Hall–Kier alpha value is -0.860. The Morgan fingerprint density at radius 2 is 2.00 bits per heavy atom. The van der Waals surface area contributed by atoms with Crippen LogP contribution >= 0.6 is 0 Å². The molecule has 1 aromatic rings. The molecule has 2 heterocycles. The molecule has 2 atom stereocenters. The zero-order valence-electron chi connectivity index (χ0n) is 12.1. The molecular formula is C17H26N2. The second-order valence-corrected chi connectivity index (χ2v) is 6.34. The number of nitrogens with zero attached hydrogens (tertiary/aromatic N) is 1. The fourth-order valence-corrected chi connectivity index (χ4v) is 3.52. The SMILES string of the molecule is CN1CCC(c2ccc(CC3CCCCN3)cc2)C1. The molecule has 104 valence electrons. The van der Waals surface area contributed by atoms with Gasteiger partial charge in [0, 0.05) is 12.6 Å². The molecule has 0 spiro atoms. The largest absolute Gasteiger partial charge is 0.314 e. The van der Waals surface area contributed by atoms with E-state index in [0.29, 0.717) is 6.04 Å². The van der Waals surface area contributed by atoms with E-state index in [2.05, 4.69) is 41.5 Å². The molecule has 2 aliphatic rings. The highest BCUT2D eigenvalue weighted by Crippen LogP contribution is 2.26. The molecule has 2 nitrogen and oxygen atoms in total. The molecule has 0 aromatic heterocycles. The molecule has 2 unspecified atom stereocenters. The summed E-state index contributed by atoms with van der Waals surface area (Å²) in [7, 11) is 2.23. The van der Waals surface area contributed by atoms with E-state index in [1.165, 1.54) is 62.9 Å². The average Bonchev–Trinajstić information content (AvgIpc) is 2.87. The van der Waals surface area contributed by atoms with E-state index < -0.39 is 0 Å². The molecule has 3 rings (SSSR count). The first-order valence-electron chi connectivity index (χ1n) is 7.82. The first kappa shape index (κ1) is 13.1. The lowest BCUT2D eigenvalue weighted by molar-refractivity contribution is 0.399. The van der Waals surface area contributed by atoms with Crippen molar-refractivity contribution in [1.82, 2.24) is 10.2 Å². The van der Waals surface area contributed by atoms with Crippen molar-refractivity contribution >= 4 is 0 Å². The fourth-order valence-electron chi connectivity index (χ4n) is 3.52. The molecule has 0 radical (unpaired) electrons. The Morgan fingerprint density at radius 3 is 2.63 bits per heavy atom. The Bertz CT molecular complexity index is 392. The van der Waals surface area contributed by atoms with Gasteiger partial charge in [0.2, 0.25) is 0 Å². The maximum atomic E-state index is 3.64. The van der Waals surface area contributed by atoms with Gasteiger partial charge in [0.25, 0.3) is 0 Å². The van der Waals surface area contributed by atoms with Crippen molar-refractivity contribution in [3.05, 3.63) is 35.4 Å². The predicted molar refractivity (Wildman–Crippen MR) is 80.6 cm³/mol. The molecular weight excluding hydrogens is 232 g/mol. The van der Waals surface area contributed by atoms with Crippen molar-refractivity contribution in [1.29, 1.82) is 0 Å². The van der Waals surface area contributed by atoms with Crippen molar-refractivity contribution in [3.63, 3.8) is 0 Å². The van der Waals surface area contributed by atoms with E-state index in [1.807, 2.05) is 0 Å². The number of hydrogen-bond acceptors (Lipinski definition) is 2. The molecule has 0 amide bonds. The van der Waals surface area contributed by atoms with Crippen LogP contribution in [0.2, 0.25) is 0 Å². The van der Waals surface area contributed by atoms with Gasteiger partial charge in [-0.25, -0.2) is 0 Å². The lowest BCUT2D eigenvalue weighted by atomic mass is 9.94. The first-order valence-corrected chi connectivity index (χ1v) is 7.82. The van der Waals surface area contributed by atoms with E-state index in [-0.39, 0.29) is 0 Å². The smallest absolute Gasteiger partial charge is 0.0107 e. The zero-order valence-corrected chi connectivity index (χ0v) is 12.1. The summed E-state index contributed by atoms with van der Waals surface area (Å²) >= 11 is 0. The lowest BCUT2D eigenvalue weighted by Crippen LogP contribution is -2.35. The van der Waals surface area contributed by atoms with Gasteiger partial charge in [-0.2, -0.15) is 0 Å². The Labute approximate surface area is 117 Å². The van der Waals surface area contributed by atoms with Crippen molar-refractivity contribution in [2.45, 2.75) is 44.1 Å². The topological polar surface area (TPSA) is 15.3 Å². The lowest BCUT2D eigenvalue weighted by Gasteiger charge is -2.23. The van der Waals surface area contributed by atoms with Crippen LogP contribution in [0.1, 0.15) is 42.7 Å². The van der Waals surface area contributed by atoms with Crippen LogP contribution < -0.4 is 5.32 Å². The molecule has 2 saturated heterocycles. The molecule has 2 aliphatic heterocycles. The van der Waals surface area contributed by atoms with Gasteiger partial charge >= 0.3 is 0 Å². The number of rotatable bonds is 3. The molecule has 0 aliphatic carbocycles. The number of piperidine rings is 1. The van der Waals surface area contributed by atoms with Crippen molar-refractivity contribution in [3.8, 4) is 0 Å². The highest BCUT2D eigenvalue weighted by Gasteiger charge is 2.21.